The average molecular weight is 285 g/mol. The minimum absolute atomic E-state index is 0.519. The third kappa shape index (κ3) is 4.18. The monoisotopic (exact) mass is 285 g/mol. The molecule has 0 aliphatic carbocycles. The van der Waals surface area contributed by atoms with Gasteiger partial charge in [-0.1, -0.05) is 32.9 Å². The zero-order chi connectivity index (χ0) is 15.2. The van der Waals surface area contributed by atoms with Gasteiger partial charge in [0.15, 0.2) is 0 Å². The van der Waals surface area contributed by atoms with E-state index in [-0.39, 0.29) is 0 Å². The Hall–Kier alpha value is -2.10. The van der Waals surface area contributed by atoms with Crippen LogP contribution in [-0.4, -0.2) is 17.0 Å². The van der Waals surface area contributed by atoms with E-state index in [9.17, 15) is 0 Å². The fourth-order valence-corrected chi connectivity index (χ4v) is 2.03. The molecule has 0 amide bonds. The van der Waals surface area contributed by atoms with E-state index < -0.39 is 0 Å². The molecule has 1 aromatic carbocycles. The number of aryl methyl sites for hydroxylation is 1. The number of anilines is 1. The highest BCUT2D eigenvalue weighted by molar-refractivity contribution is 5.40. The number of rotatable bonds is 6. The van der Waals surface area contributed by atoms with Gasteiger partial charge in [-0.15, -0.1) is 0 Å². The van der Waals surface area contributed by atoms with Gasteiger partial charge in [-0.05, 0) is 30.0 Å². The third-order valence-electron chi connectivity index (χ3n) is 3.25. The molecule has 1 heterocycles. The molecule has 0 atom stereocenters. The van der Waals surface area contributed by atoms with Crippen molar-refractivity contribution >= 4 is 5.82 Å². The molecule has 0 saturated carbocycles. The Morgan fingerprint density at radius 1 is 1.14 bits per heavy atom. The summed E-state index contributed by atoms with van der Waals surface area (Å²) >= 11 is 0. The highest BCUT2D eigenvalue weighted by Gasteiger charge is 2.06. The maximum atomic E-state index is 5.85. The van der Waals surface area contributed by atoms with Crippen molar-refractivity contribution in [3.05, 3.63) is 41.7 Å². The minimum atomic E-state index is 0.519. The second kappa shape index (κ2) is 7.07. The SMILES string of the molecule is CCCc1nc(NC)cc(Oc2ccc(C(C)C)cc2)n1. The normalized spacial score (nSPS) is 10.7. The van der Waals surface area contributed by atoms with Gasteiger partial charge in [0.25, 0.3) is 0 Å². The maximum Gasteiger partial charge on any atom is 0.224 e. The molecule has 2 aromatic rings. The molecule has 0 bridgehead atoms. The lowest BCUT2D eigenvalue weighted by Crippen LogP contribution is -2.01. The number of hydrogen-bond donors (Lipinski definition) is 1. The van der Waals surface area contributed by atoms with E-state index >= 15 is 0 Å². The zero-order valence-corrected chi connectivity index (χ0v) is 13.2. The second-order valence-electron chi connectivity index (χ2n) is 5.33. The van der Waals surface area contributed by atoms with Crippen molar-refractivity contribution in [2.24, 2.45) is 0 Å². The largest absolute Gasteiger partial charge is 0.439 e. The van der Waals surface area contributed by atoms with E-state index in [1.54, 1.807) is 0 Å². The van der Waals surface area contributed by atoms with Crippen LogP contribution in [0.5, 0.6) is 11.6 Å². The van der Waals surface area contributed by atoms with Gasteiger partial charge in [0.2, 0.25) is 5.88 Å². The van der Waals surface area contributed by atoms with E-state index in [1.165, 1.54) is 5.56 Å². The summed E-state index contributed by atoms with van der Waals surface area (Å²) in [5.41, 5.74) is 1.30. The number of nitrogens with zero attached hydrogens (tertiary/aromatic N) is 2. The summed E-state index contributed by atoms with van der Waals surface area (Å²) in [5, 5.41) is 3.04. The number of benzene rings is 1. The first-order chi connectivity index (χ1) is 10.1. The summed E-state index contributed by atoms with van der Waals surface area (Å²) in [6, 6.07) is 9.96. The summed E-state index contributed by atoms with van der Waals surface area (Å²) < 4.78 is 5.85. The molecule has 0 unspecified atom stereocenters. The van der Waals surface area contributed by atoms with Crippen LogP contribution in [0.3, 0.4) is 0 Å². The van der Waals surface area contributed by atoms with Crippen molar-refractivity contribution in [3.63, 3.8) is 0 Å². The van der Waals surface area contributed by atoms with Crippen molar-refractivity contribution in [2.45, 2.75) is 39.5 Å². The number of aromatic nitrogens is 2. The van der Waals surface area contributed by atoms with Crippen molar-refractivity contribution in [1.82, 2.24) is 9.97 Å². The molecule has 1 aromatic heterocycles. The molecule has 4 nitrogen and oxygen atoms in total. The lowest BCUT2D eigenvalue weighted by Gasteiger charge is -2.10. The summed E-state index contributed by atoms with van der Waals surface area (Å²) in [6.07, 6.45) is 1.86. The lowest BCUT2D eigenvalue weighted by molar-refractivity contribution is 0.458. The highest BCUT2D eigenvalue weighted by Crippen LogP contribution is 2.24. The molecule has 0 aliphatic rings. The molecule has 0 spiro atoms. The van der Waals surface area contributed by atoms with Gasteiger partial charge >= 0.3 is 0 Å². The fourth-order valence-electron chi connectivity index (χ4n) is 2.03. The maximum absolute atomic E-state index is 5.85. The smallest absolute Gasteiger partial charge is 0.224 e. The second-order valence-corrected chi connectivity index (χ2v) is 5.33. The van der Waals surface area contributed by atoms with Crippen molar-refractivity contribution in [2.75, 3.05) is 12.4 Å². The predicted molar refractivity (Wildman–Crippen MR) is 86.2 cm³/mol. The van der Waals surface area contributed by atoms with Crippen molar-refractivity contribution in [1.29, 1.82) is 0 Å². The third-order valence-corrected chi connectivity index (χ3v) is 3.25. The van der Waals surface area contributed by atoms with E-state index in [0.29, 0.717) is 11.8 Å². The van der Waals surface area contributed by atoms with Gasteiger partial charge in [-0.25, -0.2) is 4.98 Å². The molecule has 0 radical (unpaired) electrons. The Balaban J connectivity index is 2.19. The van der Waals surface area contributed by atoms with E-state index in [2.05, 4.69) is 48.2 Å². The minimum Gasteiger partial charge on any atom is -0.439 e. The Morgan fingerprint density at radius 3 is 2.43 bits per heavy atom. The average Bonchev–Trinajstić information content (AvgIpc) is 2.48. The van der Waals surface area contributed by atoms with Gasteiger partial charge < -0.3 is 10.1 Å². The van der Waals surface area contributed by atoms with Crippen LogP contribution in [0.2, 0.25) is 0 Å². The summed E-state index contributed by atoms with van der Waals surface area (Å²) in [7, 11) is 1.85. The molecule has 112 valence electrons. The molecule has 0 aliphatic heterocycles. The number of hydrogen-bond acceptors (Lipinski definition) is 4. The topological polar surface area (TPSA) is 47.0 Å². The van der Waals surface area contributed by atoms with Crippen LogP contribution in [0.15, 0.2) is 30.3 Å². The fraction of sp³-hybridized carbons (Fsp3) is 0.412. The summed E-state index contributed by atoms with van der Waals surface area (Å²) in [5.74, 6) is 3.48. The Bertz CT molecular complexity index is 579. The van der Waals surface area contributed by atoms with Crippen LogP contribution >= 0.6 is 0 Å². The Labute approximate surface area is 126 Å². The van der Waals surface area contributed by atoms with Gasteiger partial charge in [0.05, 0.1) is 0 Å². The van der Waals surface area contributed by atoms with Gasteiger partial charge in [0, 0.05) is 19.5 Å². The first-order valence-electron chi connectivity index (χ1n) is 7.46. The van der Waals surface area contributed by atoms with Crippen LogP contribution in [0.25, 0.3) is 0 Å². The summed E-state index contributed by atoms with van der Waals surface area (Å²) in [4.78, 5) is 8.87. The van der Waals surface area contributed by atoms with Crippen LogP contribution in [0.4, 0.5) is 5.82 Å². The van der Waals surface area contributed by atoms with Gasteiger partial charge in [-0.3, -0.25) is 0 Å². The molecule has 21 heavy (non-hydrogen) atoms. The van der Waals surface area contributed by atoms with Crippen molar-refractivity contribution < 1.29 is 4.74 Å². The Morgan fingerprint density at radius 2 is 1.86 bits per heavy atom. The Kier molecular flexibility index (Phi) is 5.14. The van der Waals surface area contributed by atoms with Crippen molar-refractivity contribution in [3.8, 4) is 11.6 Å². The number of nitrogens with one attached hydrogen (secondary N) is 1. The number of ether oxygens (including phenoxy) is 1. The van der Waals surface area contributed by atoms with Crippen LogP contribution in [0, 0.1) is 0 Å². The van der Waals surface area contributed by atoms with E-state index in [4.69, 9.17) is 4.74 Å². The first kappa shape index (κ1) is 15.3. The molecular weight excluding hydrogens is 262 g/mol. The van der Waals surface area contributed by atoms with Gasteiger partial charge in [-0.2, -0.15) is 4.98 Å². The highest BCUT2D eigenvalue weighted by atomic mass is 16.5. The van der Waals surface area contributed by atoms with E-state index in [0.717, 1.165) is 30.2 Å². The van der Waals surface area contributed by atoms with Crippen LogP contribution < -0.4 is 10.1 Å². The molecule has 4 heteroatoms. The molecule has 0 fully saturated rings. The predicted octanol–water partition coefficient (Wildman–Crippen LogP) is 4.39. The van der Waals surface area contributed by atoms with Gasteiger partial charge in [0.1, 0.15) is 17.4 Å². The first-order valence-corrected chi connectivity index (χ1v) is 7.46. The summed E-state index contributed by atoms with van der Waals surface area (Å²) in [6.45, 7) is 6.47. The zero-order valence-electron chi connectivity index (χ0n) is 13.2. The van der Waals surface area contributed by atoms with E-state index in [1.807, 2.05) is 25.2 Å². The van der Waals surface area contributed by atoms with Crippen LogP contribution in [-0.2, 0) is 6.42 Å². The molecular formula is C17H23N3O. The lowest BCUT2D eigenvalue weighted by atomic mass is 10.0. The molecule has 1 N–H and O–H groups in total. The van der Waals surface area contributed by atoms with Crippen LogP contribution in [0.1, 0.15) is 44.5 Å². The quantitative estimate of drug-likeness (QED) is 0.855. The molecule has 0 saturated heterocycles. The standard InChI is InChI=1S/C17H23N3O/c1-5-6-15-19-16(18-4)11-17(20-15)21-14-9-7-13(8-10-14)12(2)3/h7-12H,5-6H2,1-4H3,(H,18,19,20). The molecule has 2 rings (SSSR count).